The highest BCUT2D eigenvalue weighted by atomic mass is 35.5. The number of hydrogen-bond acceptors (Lipinski definition) is 4. The van der Waals surface area contributed by atoms with Crippen LogP contribution in [0, 0.1) is 0 Å². The fourth-order valence-electron chi connectivity index (χ4n) is 2.59. The lowest BCUT2D eigenvalue weighted by Crippen LogP contribution is -2.20. The van der Waals surface area contributed by atoms with Crippen LogP contribution in [0.1, 0.15) is 11.1 Å². The second-order valence-corrected chi connectivity index (χ2v) is 5.68. The van der Waals surface area contributed by atoms with Gasteiger partial charge in [-0.3, -0.25) is 4.79 Å². The molecule has 0 aliphatic carbocycles. The zero-order valence-corrected chi connectivity index (χ0v) is 12.6. The maximum absolute atomic E-state index is 12.4. The minimum atomic E-state index is -0.293. The van der Waals surface area contributed by atoms with Crippen molar-refractivity contribution in [3.8, 4) is 28.8 Å². The first-order valence-electron chi connectivity index (χ1n) is 6.99. The third-order valence-electron chi connectivity index (χ3n) is 3.74. The van der Waals surface area contributed by atoms with Crippen molar-refractivity contribution >= 4 is 11.6 Å². The van der Waals surface area contributed by atoms with Crippen LogP contribution in [-0.4, -0.2) is 15.1 Å². The Balaban J connectivity index is 1.87. The fraction of sp³-hybridized carbons (Fsp3) is 0.0588. The average Bonchev–Trinajstić information content (AvgIpc) is 2.55. The van der Waals surface area contributed by atoms with E-state index in [4.69, 9.17) is 16.3 Å². The summed E-state index contributed by atoms with van der Waals surface area (Å²) in [6.07, 6.45) is 0.454. The number of nitrogens with zero attached hydrogens (tertiary/aromatic N) is 1. The van der Waals surface area contributed by atoms with Crippen LogP contribution >= 0.6 is 11.6 Å². The topological polar surface area (TPSA) is 75.2 Å². The van der Waals surface area contributed by atoms with E-state index in [9.17, 15) is 9.90 Å². The number of aromatic hydroxyl groups is 1. The minimum Gasteiger partial charge on any atom is -0.507 e. The Hall–Kier alpha value is -2.79. The molecule has 0 atom stereocenters. The highest BCUT2D eigenvalue weighted by Gasteiger charge is 2.22. The van der Waals surface area contributed by atoms with E-state index in [-0.39, 0.29) is 23.0 Å². The van der Waals surface area contributed by atoms with Crippen molar-refractivity contribution in [2.24, 2.45) is 0 Å². The molecule has 23 heavy (non-hydrogen) atoms. The molecule has 0 saturated heterocycles. The van der Waals surface area contributed by atoms with Crippen LogP contribution in [0.3, 0.4) is 0 Å². The molecule has 0 amide bonds. The van der Waals surface area contributed by atoms with E-state index >= 15 is 0 Å². The number of ether oxygens (including phenoxy) is 1. The van der Waals surface area contributed by atoms with Gasteiger partial charge in [0.25, 0.3) is 5.56 Å². The second kappa shape index (κ2) is 5.14. The molecule has 0 spiro atoms. The standard InChI is InChI=1S/C17H11ClN2O3/c18-10-5-6-13(21)11(8-10)15-19-16(22)12-7-9-3-1-2-4-14(9)23-17(12)20-15/h1-6,8,21H,7H2,(H,19,20,22). The zero-order valence-electron chi connectivity index (χ0n) is 11.8. The van der Waals surface area contributed by atoms with Crippen molar-refractivity contribution in [3.05, 3.63) is 69.0 Å². The van der Waals surface area contributed by atoms with Gasteiger partial charge in [0.15, 0.2) is 0 Å². The summed E-state index contributed by atoms with van der Waals surface area (Å²) in [7, 11) is 0. The number of halogens is 1. The van der Waals surface area contributed by atoms with Gasteiger partial charge in [-0.15, -0.1) is 0 Å². The number of fused-ring (bicyclic) bond motifs is 2. The van der Waals surface area contributed by atoms with Crippen molar-refractivity contribution < 1.29 is 9.84 Å². The van der Waals surface area contributed by atoms with Crippen LogP contribution in [0.4, 0.5) is 0 Å². The number of para-hydroxylation sites is 1. The predicted molar refractivity (Wildman–Crippen MR) is 86.3 cm³/mol. The summed E-state index contributed by atoms with van der Waals surface area (Å²) in [5.74, 6) is 1.13. The van der Waals surface area contributed by atoms with Crippen molar-refractivity contribution in [1.29, 1.82) is 0 Å². The van der Waals surface area contributed by atoms with Crippen LogP contribution < -0.4 is 10.3 Å². The van der Waals surface area contributed by atoms with Gasteiger partial charge in [0.1, 0.15) is 17.3 Å². The largest absolute Gasteiger partial charge is 0.507 e. The molecule has 6 heteroatoms. The first kappa shape index (κ1) is 13.8. The SMILES string of the molecule is O=c1[nH]c(-c2cc(Cl)ccc2O)nc2c1Cc1ccccc1O2. The Labute approximate surface area is 136 Å². The molecule has 0 unspecified atom stereocenters. The van der Waals surface area contributed by atoms with Crippen molar-refractivity contribution in [1.82, 2.24) is 9.97 Å². The molecule has 0 saturated carbocycles. The van der Waals surface area contributed by atoms with Crippen molar-refractivity contribution in [2.75, 3.05) is 0 Å². The Morgan fingerprint density at radius 1 is 1.22 bits per heavy atom. The Bertz CT molecular complexity index is 982. The van der Waals surface area contributed by atoms with E-state index in [0.717, 1.165) is 5.56 Å². The number of aromatic nitrogens is 2. The number of hydrogen-bond donors (Lipinski definition) is 2. The molecule has 4 rings (SSSR count). The smallest absolute Gasteiger partial charge is 0.258 e. The monoisotopic (exact) mass is 326 g/mol. The number of benzene rings is 2. The van der Waals surface area contributed by atoms with Gasteiger partial charge in [0.05, 0.1) is 11.1 Å². The van der Waals surface area contributed by atoms with Gasteiger partial charge >= 0.3 is 0 Å². The first-order valence-corrected chi connectivity index (χ1v) is 7.37. The molecule has 5 nitrogen and oxygen atoms in total. The minimum absolute atomic E-state index is 0.0197. The van der Waals surface area contributed by atoms with Crippen molar-refractivity contribution in [2.45, 2.75) is 6.42 Å². The molecule has 2 N–H and O–H groups in total. The van der Waals surface area contributed by atoms with Gasteiger partial charge < -0.3 is 14.8 Å². The Morgan fingerprint density at radius 2 is 2.04 bits per heavy atom. The second-order valence-electron chi connectivity index (χ2n) is 5.25. The number of phenolic OH excluding ortho intramolecular Hbond substituents is 1. The molecule has 1 aromatic heterocycles. The number of H-pyrrole nitrogens is 1. The van der Waals surface area contributed by atoms with Gasteiger partial charge in [-0.1, -0.05) is 29.8 Å². The summed E-state index contributed by atoms with van der Waals surface area (Å²) in [6, 6.07) is 12.1. The van der Waals surface area contributed by atoms with E-state index < -0.39 is 0 Å². The highest BCUT2D eigenvalue weighted by molar-refractivity contribution is 6.30. The number of nitrogens with one attached hydrogen (secondary N) is 1. The molecular weight excluding hydrogens is 316 g/mol. The third-order valence-corrected chi connectivity index (χ3v) is 3.97. The van der Waals surface area contributed by atoms with E-state index in [1.807, 2.05) is 24.3 Å². The zero-order chi connectivity index (χ0) is 16.0. The lowest BCUT2D eigenvalue weighted by molar-refractivity contribution is 0.437. The summed E-state index contributed by atoms with van der Waals surface area (Å²) in [5.41, 5.74) is 1.46. The number of phenols is 1. The number of rotatable bonds is 1. The van der Waals surface area contributed by atoms with Crippen LogP contribution in [0.15, 0.2) is 47.3 Å². The molecule has 1 aliphatic heterocycles. The van der Waals surface area contributed by atoms with Crippen LogP contribution in [0.25, 0.3) is 11.4 Å². The summed E-state index contributed by atoms with van der Waals surface area (Å²) in [5, 5.41) is 10.4. The normalized spacial score (nSPS) is 12.2. The Morgan fingerprint density at radius 3 is 2.91 bits per heavy atom. The molecule has 3 aromatic rings. The van der Waals surface area contributed by atoms with Crippen LogP contribution in [-0.2, 0) is 6.42 Å². The van der Waals surface area contributed by atoms with E-state index in [2.05, 4.69) is 9.97 Å². The average molecular weight is 327 g/mol. The van der Waals surface area contributed by atoms with Gasteiger partial charge in [-0.05, 0) is 29.8 Å². The molecule has 2 heterocycles. The van der Waals surface area contributed by atoms with Gasteiger partial charge in [-0.2, -0.15) is 4.98 Å². The summed E-state index contributed by atoms with van der Waals surface area (Å²) >= 11 is 5.95. The van der Waals surface area contributed by atoms with E-state index in [1.54, 1.807) is 12.1 Å². The molecular formula is C17H11ClN2O3. The first-order chi connectivity index (χ1) is 11.1. The van der Waals surface area contributed by atoms with Crippen LogP contribution in [0.5, 0.6) is 17.4 Å². The van der Waals surface area contributed by atoms with E-state index in [0.29, 0.717) is 28.3 Å². The quantitative estimate of drug-likeness (QED) is 0.561. The summed E-state index contributed by atoms with van der Waals surface area (Å²) in [4.78, 5) is 19.4. The van der Waals surface area contributed by atoms with Gasteiger partial charge in [0, 0.05) is 11.4 Å². The summed E-state index contributed by atoms with van der Waals surface area (Å²) in [6.45, 7) is 0. The molecule has 0 bridgehead atoms. The van der Waals surface area contributed by atoms with E-state index in [1.165, 1.54) is 6.07 Å². The fourth-order valence-corrected chi connectivity index (χ4v) is 2.76. The highest BCUT2D eigenvalue weighted by Crippen LogP contribution is 2.35. The van der Waals surface area contributed by atoms with Gasteiger partial charge in [-0.25, -0.2) is 0 Å². The lowest BCUT2D eigenvalue weighted by Gasteiger charge is -2.19. The maximum Gasteiger partial charge on any atom is 0.258 e. The molecule has 114 valence electrons. The van der Waals surface area contributed by atoms with Crippen molar-refractivity contribution in [3.63, 3.8) is 0 Å². The Kier molecular flexibility index (Phi) is 3.09. The molecule has 1 aliphatic rings. The maximum atomic E-state index is 12.4. The molecule has 0 fully saturated rings. The third kappa shape index (κ3) is 2.35. The summed E-state index contributed by atoms with van der Waals surface area (Å²) < 4.78 is 5.74. The molecule has 2 aromatic carbocycles. The molecule has 0 radical (unpaired) electrons. The van der Waals surface area contributed by atoms with Crippen LogP contribution in [0.2, 0.25) is 5.02 Å². The van der Waals surface area contributed by atoms with Gasteiger partial charge in [0.2, 0.25) is 5.88 Å². The number of aromatic amines is 1. The predicted octanol–water partition coefficient (Wildman–Crippen LogP) is 3.49. The lowest BCUT2D eigenvalue weighted by atomic mass is 10.0.